The average Bonchev–Trinajstić information content (AvgIpc) is 3.15. The summed E-state index contributed by atoms with van der Waals surface area (Å²) in [5.41, 5.74) is 2.55. The quantitative estimate of drug-likeness (QED) is 0.546. The summed E-state index contributed by atoms with van der Waals surface area (Å²) in [6.07, 6.45) is 2.01. The Kier molecular flexibility index (Phi) is 5.66. The molecule has 1 saturated heterocycles. The van der Waals surface area contributed by atoms with Crippen LogP contribution in [0.4, 0.5) is 5.95 Å². The predicted molar refractivity (Wildman–Crippen MR) is 109 cm³/mol. The lowest BCUT2D eigenvalue weighted by Gasteiger charge is -2.29. The third-order valence-corrected chi connectivity index (χ3v) is 5.62. The third kappa shape index (κ3) is 4.68. The van der Waals surface area contributed by atoms with Crippen LogP contribution >= 0.6 is 0 Å². The van der Waals surface area contributed by atoms with E-state index in [1.165, 1.54) is 10.5 Å². The first-order valence-corrected chi connectivity index (χ1v) is 10.0. The number of H-pyrrole nitrogens is 1. The first-order valence-electron chi connectivity index (χ1n) is 10.0. The summed E-state index contributed by atoms with van der Waals surface area (Å²) in [5.74, 6) is 1.48. The fourth-order valence-electron chi connectivity index (χ4n) is 3.71. The number of benzene rings is 1. The number of tetrazole rings is 1. The van der Waals surface area contributed by atoms with E-state index in [1.807, 2.05) is 29.8 Å². The number of aryl methyl sites for hydroxylation is 1. The largest absolute Gasteiger partial charge is 0.353 e. The Morgan fingerprint density at radius 2 is 1.97 bits per heavy atom. The lowest BCUT2D eigenvalue weighted by Crippen LogP contribution is -3.12. The monoisotopic (exact) mass is 395 g/mol. The number of hydrogen-bond acceptors (Lipinski definition) is 6. The molecule has 0 spiro atoms. The van der Waals surface area contributed by atoms with E-state index in [2.05, 4.69) is 42.9 Å². The Hall–Kier alpha value is -3.07. The molecule has 0 radical (unpaired) electrons. The van der Waals surface area contributed by atoms with Crippen LogP contribution in [0.15, 0.2) is 35.1 Å². The molecule has 4 rings (SSSR count). The summed E-state index contributed by atoms with van der Waals surface area (Å²) in [7, 11) is 0. The van der Waals surface area contributed by atoms with E-state index < -0.39 is 0 Å². The molecule has 9 heteroatoms. The van der Waals surface area contributed by atoms with Gasteiger partial charge < -0.3 is 10.2 Å². The fraction of sp³-hybridized carbons (Fsp3) is 0.450. The SMILES string of the molecule is Cc1nc(NC2CC[NH+](Cc3nnnn3Cc3ccccc3)CC2)[nH]c(=O)c1C. The van der Waals surface area contributed by atoms with Gasteiger partial charge in [0.2, 0.25) is 11.8 Å². The molecule has 3 aromatic rings. The molecule has 1 aliphatic heterocycles. The molecule has 1 aromatic carbocycles. The maximum absolute atomic E-state index is 11.9. The van der Waals surface area contributed by atoms with Crippen LogP contribution in [0, 0.1) is 13.8 Å². The number of hydrogen-bond donors (Lipinski definition) is 3. The van der Waals surface area contributed by atoms with Crippen LogP contribution in [0.2, 0.25) is 0 Å². The van der Waals surface area contributed by atoms with E-state index in [0.717, 1.165) is 44.0 Å². The Bertz CT molecular complexity index is 1000. The van der Waals surface area contributed by atoms with Gasteiger partial charge in [-0.2, -0.15) is 0 Å². The Morgan fingerprint density at radius 1 is 1.21 bits per heavy atom. The van der Waals surface area contributed by atoms with Crippen LogP contribution in [-0.4, -0.2) is 49.3 Å². The minimum atomic E-state index is -0.0756. The molecule has 152 valence electrons. The Labute approximate surface area is 169 Å². The van der Waals surface area contributed by atoms with Crippen molar-refractivity contribution >= 4 is 5.95 Å². The smallest absolute Gasteiger partial charge is 0.255 e. The van der Waals surface area contributed by atoms with Gasteiger partial charge in [0.05, 0.1) is 19.6 Å². The van der Waals surface area contributed by atoms with Crippen molar-refractivity contribution < 1.29 is 4.90 Å². The third-order valence-electron chi connectivity index (χ3n) is 5.62. The highest BCUT2D eigenvalue weighted by atomic mass is 16.1. The molecule has 29 heavy (non-hydrogen) atoms. The maximum atomic E-state index is 11.9. The molecule has 1 fully saturated rings. The molecule has 0 aliphatic carbocycles. The maximum Gasteiger partial charge on any atom is 0.255 e. The summed E-state index contributed by atoms with van der Waals surface area (Å²) >= 11 is 0. The van der Waals surface area contributed by atoms with Crippen molar-refractivity contribution in [2.24, 2.45) is 0 Å². The Morgan fingerprint density at radius 3 is 2.69 bits per heavy atom. The van der Waals surface area contributed by atoms with Gasteiger partial charge in [-0.15, -0.1) is 5.10 Å². The summed E-state index contributed by atoms with van der Waals surface area (Å²) in [6, 6.07) is 10.5. The molecular formula is C20H27N8O+. The van der Waals surface area contributed by atoms with Gasteiger partial charge in [0, 0.05) is 30.1 Å². The minimum Gasteiger partial charge on any atom is -0.353 e. The number of anilines is 1. The van der Waals surface area contributed by atoms with Crippen molar-refractivity contribution in [3.63, 3.8) is 0 Å². The second kappa shape index (κ2) is 8.52. The lowest BCUT2D eigenvalue weighted by molar-refractivity contribution is -0.919. The van der Waals surface area contributed by atoms with Crippen LogP contribution in [-0.2, 0) is 13.1 Å². The number of aromatic nitrogens is 6. The molecule has 0 unspecified atom stereocenters. The molecule has 2 aromatic heterocycles. The van der Waals surface area contributed by atoms with Gasteiger partial charge in [-0.05, 0) is 29.8 Å². The molecule has 0 bridgehead atoms. The zero-order valence-corrected chi connectivity index (χ0v) is 16.9. The van der Waals surface area contributed by atoms with Gasteiger partial charge in [0.25, 0.3) is 5.56 Å². The van der Waals surface area contributed by atoms with Crippen molar-refractivity contribution in [2.75, 3.05) is 18.4 Å². The highest BCUT2D eigenvalue weighted by molar-refractivity contribution is 5.29. The number of likely N-dealkylation sites (tertiary alicyclic amines) is 1. The zero-order chi connectivity index (χ0) is 20.2. The van der Waals surface area contributed by atoms with Crippen LogP contribution in [0.1, 0.15) is 35.5 Å². The molecule has 1 aliphatic rings. The highest BCUT2D eigenvalue weighted by Gasteiger charge is 2.24. The number of nitrogens with zero attached hydrogens (tertiary/aromatic N) is 5. The van der Waals surface area contributed by atoms with E-state index >= 15 is 0 Å². The van der Waals surface area contributed by atoms with E-state index in [1.54, 1.807) is 6.92 Å². The summed E-state index contributed by atoms with van der Waals surface area (Å²) in [5, 5.41) is 15.7. The second-order valence-electron chi connectivity index (χ2n) is 7.71. The summed E-state index contributed by atoms with van der Waals surface area (Å²) in [4.78, 5) is 20.7. The molecule has 3 heterocycles. The number of nitrogens with one attached hydrogen (secondary N) is 3. The van der Waals surface area contributed by atoms with Crippen molar-refractivity contribution in [1.82, 2.24) is 30.2 Å². The molecule has 0 atom stereocenters. The molecule has 3 N–H and O–H groups in total. The van der Waals surface area contributed by atoms with Crippen molar-refractivity contribution in [3.8, 4) is 0 Å². The van der Waals surface area contributed by atoms with Gasteiger partial charge in [-0.3, -0.25) is 9.78 Å². The van der Waals surface area contributed by atoms with Gasteiger partial charge in [0.1, 0.15) is 6.54 Å². The average molecular weight is 395 g/mol. The lowest BCUT2D eigenvalue weighted by atomic mass is 10.1. The van der Waals surface area contributed by atoms with Crippen molar-refractivity contribution in [2.45, 2.75) is 45.8 Å². The number of aromatic amines is 1. The second-order valence-corrected chi connectivity index (χ2v) is 7.71. The van der Waals surface area contributed by atoms with E-state index in [9.17, 15) is 4.79 Å². The normalized spacial score (nSPS) is 19.2. The topological polar surface area (TPSA) is 106 Å². The minimum absolute atomic E-state index is 0.0756. The summed E-state index contributed by atoms with van der Waals surface area (Å²) in [6.45, 7) is 7.19. The number of piperidine rings is 1. The first-order chi connectivity index (χ1) is 14.1. The molecular weight excluding hydrogens is 368 g/mol. The number of rotatable bonds is 6. The standard InChI is InChI=1S/C20H26N8O/c1-14-15(2)21-20(23-19(14)29)22-17-8-10-27(11-9-17)13-18-24-25-26-28(18)12-16-6-4-3-5-7-16/h3-7,17H,8-13H2,1-2H3,(H2,21,22,23,29)/p+1. The van der Waals surface area contributed by atoms with Crippen molar-refractivity contribution in [1.29, 1.82) is 0 Å². The first kappa shape index (κ1) is 19.3. The molecule has 0 amide bonds. The predicted octanol–water partition coefficient (Wildman–Crippen LogP) is 0.0809. The van der Waals surface area contributed by atoms with E-state index in [0.29, 0.717) is 24.1 Å². The van der Waals surface area contributed by atoms with Gasteiger partial charge >= 0.3 is 0 Å². The Balaban J connectivity index is 1.32. The van der Waals surface area contributed by atoms with Crippen molar-refractivity contribution in [3.05, 3.63) is 63.3 Å². The van der Waals surface area contributed by atoms with Crippen LogP contribution < -0.4 is 15.8 Å². The summed E-state index contributed by atoms with van der Waals surface area (Å²) < 4.78 is 1.89. The van der Waals surface area contributed by atoms with Crippen LogP contribution in [0.3, 0.4) is 0 Å². The zero-order valence-electron chi connectivity index (χ0n) is 16.9. The van der Waals surface area contributed by atoms with E-state index in [-0.39, 0.29) is 5.56 Å². The molecule has 9 nitrogen and oxygen atoms in total. The van der Waals surface area contributed by atoms with Crippen LogP contribution in [0.5, 0.6) is 0 Å². The highest BCUT2D eigenvalue weighted by Crippen LogP contribution is 2.09. The van der Waals surface area contributed by atoms with E-state index in [4.69, 9.17) is 0 Å². The fourth-order valence-corrected chi connectivity index (χ4v) is 3.71. The van der Waals surface area contributed by atoms with Gasteiger partial charge in [-0.1, -0.05) is 30.3 Å². The van der Waals surface area contributed by atoms with Crippen LogP contribution in [0.25, 0.3) is 0 Å². The number of quaternary nitrogens is 1. The van der Waals surface area contributed by atoms with Gasteiger partial charge in [-0.25, -0.2) is 9.67 Å². The molecule has 0 saturated carbocycles. The van der Waals surface area contributed by atoms with Gasteiger partial charge in [0.15, 0.2) is 0 Å².